The van der Waals surface area contributed by atoms with Crippen molar-refractivity contribution in [1.29, 1.82) is 0 Å². The molecule has 6 rings (SSSR count). The molecule has 1 aromatic heterocycles. The Labute approximate surface area is 189 Å². The Morgan fingerprint density at radius 1 is 0.788 bits per heavy atom. The number of nitrogens with zero attached hydrogens (tertiary/aromatic N) is 2. The number of fused-ring (bicyclic) bond motifs is 2. The highest BCUT2D eigenvalue weighted by molar-refractivity contribution is 6.41. The maximum Gasteiger partial charge on any atom is 0.197 e. The van der Waals surface area contributed by atoms with Gasteiger partial charge in [0.2, 0.25) is 0 Å². The zero-order valence-corrected chi connectivity index (χ0v) is 17.5. The number of Topliss-reactive ketones (excluding diaryl/α,β-unsaturated/α-hetero) is 2. The van der Waals surface area contributed by atoms with Crippen LogP contribution >= 0.6 is 0 Å². The van der Waals surface area contributed by atoms with Crippen LogP contribution < -0.4 is 9.47 Å². The van der Waals surface area contributed by atoms with E-state index in [0.29, 0.717) is 47.1 Å². The zero-order chi connectivity index (χ0) is 22.4. The molecule has 160 valence electrons. The Morgan fingerprint density at radius 3 is 2.18 bits per heavy atom. The minimum Gasteiger partial charge on any atom is -0.486 e. The van der Waals surface area contributed by atoms with Crippen LogP contribution in [-0.2, 0) is 0 Å². The average molecular weight is 434 g/mol. The van der Waals surface area contributed by atoms with Crippen LogP contribution in [0, 0.1) is 0 Å². The molecule has 6 heteroatoms. The predicted molar refractivity (Wildman–Crippen MR) is 123 cm³/mol. The molecule has 6 nitrogen and oxygen atoms in total. The Morgan fingerprint density at radius 2 is 1.45 bits per heavy atom. The van der Waals surface area contributed by atoms with Gasteiger partial charge in [-0.05, 0) is 36.4 Å². The van der Waals surface area contributed by atoms with E-state index in [0.717, 1.165) is 11.3 Å². The largest absolute Gasteiger partial charge is 0.486 e. The lowest BCUT2D eigenvalue weighted by Crippen LogP contribution is -2.15. The third-order valence-electron chi connectivity index (χ3n) is 5.78. The lowest BCUT2D eigenvalue weighted by atomic mass is 10.0. The second kappa shape index (κ2) is 7.60. The topological polar surface area (TPSA) is 70.4 Å². The molecule has 0 atom stereocenters. The van der Waals surface area contributed by atoms with Crippen molar-refractivity contribution in [2.75, 3.05) is 13.2 Å². The van der Waals surface area contributed by atoms with E-state index in [1.165, 1.54) is 0 Å². The first-order valence-electron chi connectivity index (χ1n) is 10.6. The molecule has 3 aromatic carbocycles. The zero-order valence-electron chi connectivity index (χ0n) is 17.5. The summed E-state index contributed by atoms with van der Waals surface area (Å²) >= 11 is 0. The van der Waals surface area contributed by atoms with Crippen molar-refractivity contribution >= 4 is 17.6 Å². The summed E-state index contributed by atoms with van der Waals surface area (Å²) < 4.78 is 13.1. The summed E-state index contributed by atoms with van der Waals surface area (Å²) in [5.41, 5.74) is 3.99. The van der Waals surface area contributed by atoms with Crippen LogP contribution in [0.2, 0.25) is 0 Å². The Hall–Kier alpha value is -4.45. The first-order valence-corrected chi connectivity index (χ1v) is 10.6. The van der Waals surface area contributed by atoms with Gasteiger partial charge >= 0.3 is 0 Å². The molecule has 0 saturated heterocycles. The fourth-order valence-corrected chi connectivity index (χ4v) is 4.18. The summed E-state index contributed by atoms with van der Waals surface area (Å²) in [4.78, 5) is 25.9. The molecule has 0 bridgehead atoms. The molecule has 2 heterocycles. The van der Waals surface area contributed by atoms with Crippen LogP contribution in [0.3, 0.4) is 0 Å². The van der Waals surface area contributed by atoms with Crippen LogP contribution in [0.4, 0.5) is 0 Å². The number of benzene rings is 3. The van der Waals surface area contributed by atoms with Crippen molar-refractivity contribution in [2.45, 2.75) is 0 Å². The highest BCUT2D eigenvalue weighted by Gasteiger charge is 2.33. The summed E-state index contributed by atoms with van der Waals surface area (Å²) in [5, 5.41) is 4.79. The van der Waals surface area contributed by atoms with Gasteiger partial charge in [0.05, 0.1) is 11.3 Å². The van der Waals surface area contributed by atoms with Gasteiger partial charge in [0.1, 0.15) is 18.9 Å². The van der Waals surface area contributed by atoms with Crippen LogP contribution in [-0.4, -0.2) is 34.6 Å². The minimum absolute atomic E-state index is 0.141. The molecule has 4 aromatic rings. The number of carbonyl (C=O) groups excluding carboxylic acids is 2. The lowest BCUT2D eigenvalue weighted by Gasteiger charge is -2.18. The van der Waals surface area contributed by atoms with Crippen LogP contribution in [0.5, 0.6) is 11.5 Å². The molecular formula is C27H18N2O4. The van der Waals surface area contributed by atoms with Crippen LogP contribution in [0.1, 0.15) is 26.3 Å². The minimum atomic E-state index is -0.267. The molecular weight excluding hydrogens is 416 g/mol. The summed E-state index contributed by atoms with van der Waals surface area (Å²) in [6.45, 7) is 0.990. The Kier molecular flexibility index (Phi) is 4.43. The average Bonchev–Trinajstić information content (AvgIpc) is 3.40. The number of allylic oxidation sites excluding steroid dienone is 1. The standard InChI is InChI=1S/C27H18N2O4/c30-26-20-8-4-5-9-21(20)27(31)22(26)14-18-16-29(19-6-2-1-3-7-19)28-25(18)17-10-11-23-24(15-17)33-13-12-32-23/h1-11,14-16H,12-13H2. The van der Waals surface area contributed by atoms with Crippen LogP contribution in [0.15, 0.2) is 84.6 Å². The molecule has 0 fully saturated rings. The van der Waals surface area contributed by atoms with E-state index in [-0.39, 0.29) is 17.1 Å². The molecule has 0 spiro atoms. The Balaban J connectivity index is 1.50. The van der Waals surface area contributed by atoms with Gasteiger partial charge in [-0.3, -0.25) is 9.59 Å². The number of carbonyl (C=O) groups is 2. The summed E-state index contributed by atoms with van der Waals surface area (Å²) in [6, 6.07) is 22.2. The molecule has 0 N–H and O–H groups in total. The van der Waals surface area contributed by atoms with Crippen molar-refractivity contribution < 1.29 is 19.1 Å². The number of hydrogen-bond donors (Lipinski definition) is 0. The van der Waals surface area contributed by atoms with E-state index in [9.17, 15) is 9.59 Å². The fraction of sp³-hybridized carbons (Fsp3) is 0.0741. The summed E-state index contributed by atoms with van der Waals surface area (Å²) in [5.74, 6) is 0.795. The predicted octanol–water partition coefficient (Wildman–Crippen LogP) is 4.77. The second-order valence-corrected chi connectivity index (χ2v) is 7.83. The molecule has 0 saturated carbocycles. The number of rotatable bonds is 3. The van der Waals surface area contributed by atoms with Crippen molar-refractivity contribution in [3.8, 4) is 28.4 Å². The monoisotopic (exact) mass is 434 g/mol. The van der Waals surface area contributed by atoms with Gasteiger partial charge in [0.25, 0.3) is 0 Å². The van der Waals surface area contributed by atoms with E-state index in [1.807, 2.05) is 54.7 Å². The lowest BCUT2D eigenvalue weighted by molar-refractivity contribution is 0.0990. The number of ketones is 2. The highest BCUT2D eigenvalue weighted by Crippen LogP contribution is 2.36. The first-order chi connectivity index (χ1) is 16.2. The number of aromatic nitrogens is 2. The van der Waals surface area contributed by atoms with Gasteiger partial charge in [0, 0.05) is 28.5 Å². The number of hydrogen-bond acceptors (Lipinski definition) is 5. The quantitative estimate of drug-likeness (QED) is 0.343. The van der Waals surface area contributed by atoms with Gasteiger partial charge in [0.15, 0.2) is 23.1 Å². The number of ether oxygens (including phenoxy) is 2. The molecule has 0 unspecified atom stereocenters. The van der Waals surface area contributed by atoms with Gasteiger partial charge in [-0.2, -0.15) is 5.10 Å². The molecule has 0 amide bonds. The van der Waals surface area contributed by atoms with Gasteiger partial charge in [-0.1, -0.05) is 42.5 Å². The van der Waals surface area contributed by atoms with Gasteiger partial charge in [-0.25, -0.2) is 4.68 Å². The molecule has 1 aliphatic heterocycles. The maximum atomic E-state index is 13.0. The van der Waals surface area contributed by atoms with Crippen molar-refractivity contribution in [2.24, 2.45) is 0 Å². The fourth-order valence-electron chi connectivity index (χ4n) is 4.18. The van der Waals surface area contributed by atoms with Crippen LogP contribution in [0.25, 0.3) is 23.0 Å². The van der Waals surface area contributed by atoms with E-state index in [2.05, 4.69) is 0 Å². The number of para-hydroxylation sites is 1. The van der Waals surface area contributed by atoms with E-state index < -0.39 is 0 Å². The summed E-state index contributed by atoms with van der Waals surface area (Å²) in [7, 11) is 0. The smallest absolute Gasteiger partial charge is 0.197 e. The normalized spacial score (nSPS) is 14.4. The van der Waals surface area contributed by atoms with E-state index >= 15 is 0 Å². The summed E-state index contributed by atoms with van der Waals surface area (Å²) in [6.07, 6.45) is 3.47. The second-order valence-electron chi connectivity index (χ2n) is 7.83. The Bertz CT molecular complexity index is 1410. The SMILES string of the molecule is O=C1C(=Cc2cn(-c3ccccc3)nc2-c2ccc3c(c2)OCCO3)C(=O)c2ccccc21. The van der Waals surface area contributed by atoms with Gasteiger partial charge < -0.3 is 9.47 Å². The van der Waals surface area contributed by atoms with Crippen molar-refractivity contribution in [3.63, 3.8) is 0 Å². The third-order valence-corrected chi connectivity index (χ3v) is 5.78. The molecule has 0 radical (unpaired) electrons. The molecule has 2 aliphatic rings. The first kappa shape index (κ1) is 19.3. The van der Waals surface area contributed by atoms with Crippen molar-refractivity contribution in [3.05, 3.63) is 101 Å². The van der Waals surface area contributed by atoms with Gasteiger partial charge in [-0.15, -0.1) is 0 Å². The third kappa shape index (κ3) is 3.24. The van der Waals surface area contributed by atoms with Crippen molar-refractivity contribution in [1.82, 2.24) is 9.78 Å². The van der Waals surface area contributed by atoms with E-state index in [1.54, 1.807) is 35.0 Å². The molecule has 33 heavy (non-hydrogen) atoms. The maximum absolute atomic E-state index is 13.0. The highest BCUT2D eigenvalue weighted by atomic mass is 16.6. The van der Waals surface area contributed by atoms with E-state index in [4.69, 9.17) is 14.6 Å². The molecule has 1 aliphatic carbocycles.